The van der Waals surface area contributed by atoms with Gasteiger partial charge in [0.15, 0.2) is 0 Å². The fourth-order valence-corrected chi connectivity index (χ4v) is 9.94. The molecule has 0 spiro atoms. The SMILES string of the molecule is COc1cc(C(=O)NS(=O)(=O)c2ccccc2C)ccc1Cc1cn(C)c2ccc(NC(=O)OC3CCCC3)cc12.Clc1ccccc1CN1CCc2sccc2C1. The summed E-state index contributed by atoms with van der Waals surface area (Å²) in [5.41, 5.74) is 6.87. The maximum atomic E-state index is 12.9. The van der Waals surface area contributed by atoms with Crippen LogP contribution in [0.3, 0.4) is 0 Å². The molecule has 13 heteroatoms. The number of carbonyl (C=O) groups is 2. The first kappa shape index (κ1) is 41.0. The highest BCUT2D eigenvalue weighted by molar-refractivity contribution is 7.90. The van der Waals surface area contributed by atoms with Gasteiger partial charge in [0.05, 0.1) is 12.0 Å². The van der Waals surface area contributed by atoms with Crippen molar-refractivity contribution in [2.45, 2.75) is 69.5 Å². The van der Waals surface area contributed by atoms with E-state index in [4.69, 9.17) is 21.1 Å². The molecule has 0 bridgehead atoms. The standard InChI is InChI=1S/C31H33N3O6S.C14H14ClNS/c1-20-8-4-7-11-29(20)41(37,38)33-30(35)22-13-12-21(28(17-22)39-3)16-23-19-34(2)27-15-14-24(18-26(23)27)32-31(36)40-25-9-5-6-10-25;15-13-4-2-1-3-11(13)9-16-7-5-14-12(10-16)6-8-17-14/h4,7-8,11-15,17-19,25H,5-6,9-10,16H2,1-3H3,(H,32,36)(H,33,35);1-4,6,8H,5,7,9-10H2. The lowest BCUT2D eigenvalue weighted by Gasteiger charge is -2.27. The van der Waals surface area contributed by atoms with E-state index in [1.165, 1.54) is 36.8 Å². The Labute approximate surface area is 348 Å². The number of hydrogen-bond donors (Lipinski definition) is 2. The Morgan fingerprint density at radius 1 is 0.931 bits per heavy atom. The molecule has 10 nitrogen and oxygen atoms in total. The number of thiophene rings is 1. The van der Waals surface area contributed by atoms with Crippen LogP contribution < -0.4 is 14.8 Å². The predicted molar refractivity (Wildman–Crippen MR) is 230 cm³/mol. The van der Waals surface area contributed by atoms with Gasteiger partial charge in [0.25, 0.3) is 15.9 Å². The summed E-state index contributed by atoms with van der Waals surface area (Å²) in [6.07, 6.45) is 7.18. The maximum absolute atomic E-state index is 12.9. The summed E-state index contributed by atoms with van der Waals surface area (Å²) >= 11 is 8.08. The number of amides is 2. The second kappa shape index (κ2) is 18.2. The first-order valence-corrected chi connectivity index (χ1v) is 22.1. The van der Waals surface area contributed by atoms with E-state index in [1.54, 1.807) is 42.1 Å². The fraction of sp³-hybridized carbons (Fsp3) is 0.289. The average molecular weight is 839 g/mol. The third kappa shape index (κ3) is 9.75. The monoisotopic (exact) mass is 838 g/mol. The van der Waals surface area contributed by atoms with Crippen molar-refractivity contribution in [1.29, 1.82) is 0 Å². The Balaban J connectivity index is 0.000000249. The van der Waals surface area contributed by atoms with Crippen molar-refractivity contribution in [2.75, 3.05) is 19.0 Å². The number of halogens is 1. The third-order valence-corrected chi connectivity index (χ3v) is 13.6. The summed E-state index contributed by atoms with van der Waals surface area (Å²) in [5.74, 6) is -0.291. The van der Waals surface area contributed by atoms with Crippen molar-refractivity contribution in [3.8, 4) is 5.75 Å². The summed E-state index contributed by atoms with van der Waals surface area (Å²) in [6.45, 7) is 4.82. The average Bonchev–Trinajstić information content (AvgIpc) is 3.97. The van der Waals surface area contributed by atoms with Gasteiger partial charge in [-0.05, 0) is 121 Å². The van der Waals surface area contributed by atoms with Crippen LogP contribution in [0, 0.1) is 6.92 Å². The van der Waals surface area contributed by atoms with E-state index in [0.29, 0.717) is 23.4 Å². The lowest BCUT2D eigenvalue weighted by Crippen LogP contribution is -2.31. The van der Waals surface area contributed by atoms with Crippen molar-refractivity contribution in [3.63, 3.8) is 0 Å². The van der Waals surface area contributed by atoms with Crippen molar-refractivity contribution >= 4 is 61.6 Å². The fourth-order valence-electron chi connectivity index (χ4n) is 7.64. The number of rotatable bonds is 10. The van der Waals surface area contributed by atoms with Crippen LogP contribution in [0.25, 0.3) is 10.9 Å². The van der Waals surface area contributed by atoms with E-state index in [0.717, 1.165) is 72.4 Å². The molecule has 302 valence electrons. The Morgan fingerprint density at radius 2 is 1.71 bits per heavy atom. The molecule has 2 amide bonds. The molecular formula is C45H47ClN4O6S2. The Hall–Kier alpha value is -5.14. The minimum Gasteiger partial charge on any atom is -0.496 e. The normalized spacial score (nSPS) is 14.3. The largest absolute Gasteiger partial charge is 0.496 e. The van der Waals surface area contributed by atoms with Crippen molar-refractivity contribution in [2.24, 2.45) is 7.05 Å². The van der Waals surface area contributed by atoms with Gasteiger partial charge in [-0.1, -0.05) is 54.1 Å². The van der Waals surface area contributed by atoms with Gasteiger partial charge >= 0.3 is 6.09 Å². The van der Waals surface area contributed by atoms with Crippen LogP contribution in [0.4, 0.5) is 10.5 Å². The van der Waals surface area contributed by atoms with Crippen molar-refractivity contribution in [3.05, 3.63) is 146 Å². The smallest absolute Gasteiger partial charge is 0.411 e. The minimum absolute atomic E-state index is 0.0221. The molecule has 0 unspecified atom stereocenters. The highest BCUT2D eigenvalue weighted by Crippen LogP contribution is 2.31. The zero-order chi connectivity index (χ0) is 40.8. The zero-order valence-electron chi connectivity index (χ0n) is 32.8. The zero-order valence-corrected chi connectivity index (χ0v) is 35.2. The number of aromatic nitrogens is 1. The lowest BCUT2D eigenvalue weighted by molar-refractivity contribution is 0.0980. The number of nitrogens with one attached hydrogen (secondary N) is 2. The van der Waals surface area contributed by atoms with Gasteiger partial charge in [0.1, 0.15) is 11.9 Å². The van der Waals surface area contributed by atoms with Crippen molar-refractivity contribution in [1.82, 2.24) is 14.2 Å². The molecule has 1 saturated carbocycles. The summed E-state index contributed by atoms with van der Waals surface area (Å²) in [4.78, 5) is 29.4. The van der Waals surface area contributed by atoms with Gasteiger partial charge in [-0.15, -0.1) is 11.3 Å². The molecule has 0 atom stereocenters. The molecule has 1 aliphatic carbocycles. The van der Waals surface area contributed by atoms with Crippen LogP contribution in [-0.2, 0) is 47.7 Å². The number of ether oxygens (including phenoxy) is 2. The Morgan fingerprint density at radius 3 is 2.48 bits per heavy atom. The molecule has 3 heterocycles. The first-order valence-electron chi connectivity index (χ1n) is 19.3. The predicted octanol–water partition coefficient (Wildman–Crippen LogP) is 9.66. The van der Waals surface area contributed by atoms with Crippen LogP contribution >= 0.6 is 22.9 Å². The second-order valence-electron chi connectivity index (χ2n) is 14.8. The van der Waals surface area contributed by atoms with Crippen LogP contribution in [-0.4, -0.2) is 49.6 Å². The quantitative estimate of drug-likeness (QED) is 0.141. The lowest BCUT2D eigenvalue weighted by atomic mass is 10.0. The highest BCUT2D eigenvalue weighted by atomic mass is 35.5. The van der Waals surface area contributed by atoms with Crippen LogP contribution in [0.2, 0.25) is 5.02 Å². The molecule has 58 heavy (non-hydrogen) atoms. The number of anilines is 1. The number of fused-ring (bicyclic) bond motifs is 2. The van der Waals surface area contributed by atoms with E-state index in [-0.39, 0.29) is 16.6 Å². The number of benzene rings is 4. The van der Waals surface area contributed by atoms with Gasteiger partial charge < -0.3 is 14.0 Å². The Bertz CT molecular complexity index is 2540. The van der Waals surface area contributed by atoms with Gasteiger partial charge in [0.2, 0.25) is 0 Å². The van der Waals surface area contributed by atoms with E-state index >= 15 is 0 Å². The molecule has 4 aromatic carbocycles. The summed E-state index contributed by atoms with van der Waals surface area (Å²) in [5, 5.41) is 6.88. The molecule has 1 aliphatic heterocycles. The van der Waals surface area contributed by atoms with Crippen LogP contribution in [0.15, 0.2) is 107 Å². The molecular weight excluding hydrogens is 792 g/mol. The summed E-state index contributed by atoms with van der Waals surface area (Å²) in [6, 6.07) is 27.4. The van der Waals surface area contributed by atoms with Gasteiger partial charge in [0, 0.05) is 71.4 Å². The van der Waals surface area contributed by atoms with Gasteiger partial charge in [-0.25, -0.2) is 17.9 Å². The number of aryl methyl sites for hydroxylation is 2. The maximum Gasteiger partial charge on any atom is 0.411 e. The van der Waals surface area contributed by atoms with Crippen LogP contribution in [0.1, 0.15) is 68.7 Å². The summed E-state index contributed by atoms with van der Waals surface area (Å²) < 4.78 is 40.9. The molecule has 2 aliphatic rings. The van der Waals surface area contributed by atoms with E-state index in [2.05, 4.69) is 38.5 Å². The number of sulfonamides is 1. The molecule has 8 rings (SSSR count). The number of methoxy groups -OCH3 is 1. The molecule has 6 aromatic rings. The number of hydrogen-bond acceptors (Lipinski definition) is 8. The molecule has 1 fully saturated rings. The second-order valence-corrected chi connectivity index (χ2v) is 17.8. The molecule has 2 N–H and O–H groups in total. The van der Waals surface area contributed by atoms with Gasteiger partial charge in [-0.2, -0.15) is 0 Å². The van der Waals surface area contributed by atoms with Gasteiger partial charge in [-0.3, -0.25) is 15.0 Å². The highest BCUT2D eigenvalue weighted by Gasteiger charge is 2.23. The molecule has 0 saturated heterocycles. The molecule has 0 radical (unpaired) electrons. The topological polar surface area (TPSA) is 119 Å². The number of nitrogens with zero attached hydrogens (tertiary/aromatic N) is 2. The van der Waals surface area contributed by atoms with E-state index in [1.807, 2.05) is 59.5 Å². The van der Waals surface area contributed by atoms with Crippen molar-refractivity contribution < 1.29 is 27.5 Å². The summed E-state index contributed by atoms with van der Waals surface area (Å²) in [7, 11) is -0.583. The Kier molecular flexibility index (Phi) is 12.9. The number of carbonyl (C=O) groups excluding carboxylic acids is 2. The van der Waals surface area contributed by atoms with E-state index < -0.39 is 22.0 Å². The minimum atomic E-state index is -4.04. The van der Waals surface area contributed by atoms with Crippen LogP contribution in [0.5, 0.6) is 5.75 Å². The first-order chi connectivity index (χ1) is 28.0. The third-order valence-electron chi connectivity index (χ3n) is 10.7. The molecule has 2 aromatic heterocycles. The van der Waals surface area contributed by atoms with E-state index in [9.17, 15) is 18.0 Å².